The van der Waals surface area contributed by atoms with Crippen LogP contribution in [0.25, 0.3) is 0 Å². The molecule has 0 spiro atoms. The lowest BCUT2D eigenvalue weighted by Gasteiger charge is -2.31. The average Bonchev–Trinajstić information content (AvgIpc) is 2.99. The largest absolute Gasteiger partial charge is 0.334 e. The van der Waals surface area contributed by atoms with E-state index in [0.717, 1.165) is 31.5 Å². The van der Waals surface area contributed by atoms with Crippen LogP contribution >= 0.6 is 11.6 Å². The molecule has 1 atom stereocenters. The van der Waals surface area contributed by atoms with Crippen LogP contribution in [0.3, 0.4) is 0 Å². The minimum absolute atomic E-state index is 0.00640. The molecule has 0 saturated carbocycles. The molecule has 6 heteroatoms. The number of nitrogens with one attached hydrogen (secondary N) is 1. The lowest BCUT2D eigenvalue weighted by atomic mass is 10.0. The van der Waals surface area contributed by atoms with Crippen molar-refractivity contribution in [2.75, 3.05) is 32.7 Å². The molecule has 118 valence electrons. The molecule has 2 saturated heterocycles. The highest BCUT2D eigenvalue weighted by Gasteiger charge is 2.32. The van der Waals surface area contributed by atoms with Gasteiger partial charge < -0.3 is 15.1 Å². The van der Waals surface area contributed by atoms with Gasteiger partial charge in [-0.3, -0.25) is 9.59 Å². The molecule has 2 heterocycles. The molecule has 2 aliphatic rings. The maximum absolute atomic E-state index is 12.6. The number of carbonyl (C=O) groups excluding carboxylic acids is 2. The zero-order valence-electron chi connectivity index (χ0n) is 12.4. The SMILES string of the molecule is O=C1CNCCN1CC(=O)N1CCC[C@@H]1c1ccccc1Cl. The van der Waals surface area contributed by atoms with E-state index in [1.165, 1.54) is 0 Å². The first-order valence-corrected chi connectivity index (χ1v) is 8.07. The average molecular weight is 322 g/mol. The van der Waals surface area contributed by atoms with Crippen molar-refractivity contribution in [3.63, 3.8) is 0 Å². The predicted octanol–water partition coefficient (Wildman–Crippen LogP) is 1.44. The van der Waals surface area contributed by atoms with Gasteiger partial charge in [-0.15, -0.1) is 0 Å². The monoisotopic (exact) mass is 321 g/mol. The highest BCUT2D eigenvalue weighted by atomic mass is 35.5. The molecule has 0 unspecified atom stereocenters. The van der Waals surface area contributed by atoms with Crippen molar-refractivity contribution in [2.45, 2.75) is 18.9 Å². The molecule has 3 rings (SSSR count). The Morgan fingerprint density at radius 2 is 2.14 bits per heavy atom. The van der Waals surface area contributed by atoms with E-state index in [4.69, 9.17) is 11.6 Å². The third-order valence-electron chi connectivity index (χ3n) is 4.35. The second-order valence-electron chi connectivity index (χ2n) is 5.76. The second-order valence-corrected chi connectivity index (χ2v) is 6.17. The molecular formula is C16H20ClN3O2. The molecule has 2 amide bonds. The quantitative estimate of drug-likeness (QED) is 0.916. The highest BCUT2D eigenvalue weighted by molar-refractivity contribution is 6.31. The van der Waals surface area contributed by atoms with Crippen molar-refractivity contribution in [1.29, 1.82) is 0 Å². The fraction of sp³-hybridized carbons (Fsp3) is 0.500. The summed E-state index contributed by atoms with van der Waals surface area (Å²) in [4.78, 5) is 28.0. The van der Waals surface area contributed by atoms with Gasteiger partial charge in [-0.05, 0) is 24.5 Å². The number of halogens is 1. The molecule has 0 aromatic heterocycles. The van der Waals surface area contributed by atoms with Crippen LogP contribution in [0.4, 0.5) is 0 Å². The van der Waals surface area contributed by atoms with E-state index in [2.05, 4.69) is 5.32 Å². The van der Waals surface area contributed by atoms with Crippen LogP contribution < -0.4 is 5.32 Å². The first-order valence-electron chi connectivity index (χ1n) is 7.69. The Kier molecular flexibility index (Phi) is 4.64. The van der Waals surface area contributed by atoms with Crippen molar-refractivity contribution < 1.29 is 9.59 Å². The summed E-state index contributed by atoms with van der Waals surface area (Å²) in [7, 11) is 0. The van der Waals surface area contributed by atoms with Crippen molar-refractivity contribution in [2.24, 2.45) is 0 Å². The van der Waals surface area contributed by atoms with Crippen molar-refractivity contribution >= 4 is 23.4 Å². The molecule has 0 aliphatic carbocycles. The Hall–Kier alpha value is -1.59. The second kappa shape index (κ2) is 6.67. The van der Waals surface area contributed by atoms with E-state index in [0.29, 0.717) is 18.1 Å². The van der Waals surface area contributed by atoms with Crippen molar-refractivity contribution in [3.8, 4) is 0 Å². The normalized spacial score (nSPS) is 22.2. The van der Waals surface area contributed by atoms with Gasteiger partial charge in [0, 0.05) is 24.7 Å². The van der Waals surface area contributed by atoms with Gasteiger partial charge in [0.25, 0.3) is 0 Å². The number of likely N-dealkylation sites (tertiary alicyclic amines) is 1. The van der Waals surface area contributed by atoms with E-state index >= 15 is 0 Å². The number of amides is 2. The first-order chi connectivity index (χ1) is 10.7. The zero-order valence-corrected chi connectivity index (χ0v) is 13.2. The van der Waals surface area contributed by atoms with Crippen molar-refractivity contribution in [1.82, 2.24) is 15.1 Å². The van der Waals surface area contributed by atoms with Gasteiger partial charge in [-0.1, -0.05) is 29.8 Å². The number of nitrogens with zero attached hydrogens (tertiary/aromatic N) is 2. The van der Waals surface area contributed by atoms with Crippen LogP contribution in [-0.2, 0) is 9.59 Å². The topological polar surface area (TPSA) is 52.7 Å². The minimum Gasteiger partial charge on any atom is -0.334 e. The summed E-state index contributed by atoms with van der Waals surface area (Å²) in [6.45, 7) is 2.56. The molecule has 0 radical (unpaired) electrons. The van der Waals surface area contributed by atoms with Crippen LogP contribution in [0.1, 0.15) is 24.4 Å². The summed E-state index contributed by atoms with van der Waals surface area (Å²) in [6.07, 6.45) is 1.89. The summed E-state index contributed by atoms with van der Waals surface area (Å²) in [6, 6.07) is 7.71. The van der Waals surface area contributed by atoms with Crippen LogP contribution in [0.2, 0.25) is 5.02 Å². The molecule has 1 aromatic rings. The number of rotatable bonds is 3. The molecule has 5 nitrogen and oxygen atoms in total. The minimum atomic E-state index is -0.00640. The Bertz CT molecular complexity index is 578. The highest BCUT2D eigenvalue weighted by Crippen LogP contribution is 2.35. The summed E-state index contributed by atoms with van der Waals surface area (Å²) < 4.78 is 0. The molecule has 1 aromatic carbocycles. The molecule has 22 heavy (non-hydrogen) atoms. The number of carbonyl (C=O) groups is 2. The summed E-state index contributed by atoms with van der Waals surface area (Å²) in [5.74, 6) is 0.00533. The maximum atomic E-state index is 12.6. The van der Waals surface area contributed by atoms with Gasteiger partial charge in [0.05, 0.1) is 19.1 Å². The maximum Gasteiger partial charge on any atom is 0.242 e. The van der Waals surface area contributed by atoms with E-state index < -0.39 is 0 Å². The van der Waals surface area contributed by atoms with Gasteiger partial charge in [-0.2, -0.15) is 0 Å². The van der Waals surface area contributed by atoms with Gasteiger partial charge in [0.15, 0.2) is 0 Å². The third-order valence-corrected chi connectivity index (χ3v) is 4.70. The van der Waals surface area contributed by atoms with E-state index in [9.17, 15) is 9.59 Å². The predicted molar refractivity (Wildman–Crippen MR) is 84.6 cm³/mol. The van der Waals surface area contributed by atoms with E-state index in [1.807, 2.05) is 29.2 Å². The Morgan fingerprint density at radius 1 is 1.32 bits per heavy atom. The van der Waals surface area contributed by atoms with Crippen LogP contribution in [0.5, 0.6) is 0 Å². The molecule has 2 fully saturated rings. The summed E-state index contributed by atoms with van der Waals surface area (Å²) in [5.41, 5.74) is 1.00. The molecular weight excluding hydrogens is 302 g/mol. The Morgan fingerprint density at radius 3 is 2.91 bits per heavy atom. The van der Waals surface area contributed by atoms with Crippen molar-refractivity contribution in [3.05, 3.63) is 34.9 Å². The van der Waals surface area contributed by atoms with Gasteiger partial charge in [-0.25, -0.2) is 0 Å². The standard InChI is InChI=1S/C16H20ClN3O2/c17-13-5-2-1-4-12(13)14-6-3-8-20(14)16(22)11-19-9-7-18-10-15(19)21/h1-2,4-5,14,18H,3,6-11H2/t14-/m1/s1. The Balaban J connectivity index is 1.71. The van der Waals surface area contributed by atoms with Crippen LogP contribution in [0.15, 0.2) is 24.3 Å². The van der Waals surface area contributed by atoms with Gasteiger partial charge >= 0.3 is 0 Å². The van der Waals surface area contributed by atoms with E-state index in [-0.39, 0.29) is 24.4 Å². The van der Waals surface area contributed by atoms with Crippen LogP contribution in [0, 0.1) is 0 Å². The third kappa shape index (κ3) is 3.10. The molecule has 1 N–H and O–H groups in total. The number of benzene rings is 1. The number of hydrogen-bond donors (Lipinski definition) is 1. The summed E-state index contributed by atoms with van der Waals surface area (Å²) >= 11 is 6.28. The Labute approximate surface area is 135 Å². The smallest absolute Gasteiger partial charge is 0.242 e. The lowest BCUT2D eigenvalue weighted by Crippen LogP contribution is -2.51. The number of hydrogen-bond acceptors (Lipinski definition) is 3. The van der Waals surface area contributed by atoms with E-state index in [1.54, 1.807) is 4.90 Å². The fourth-order valence-corrected chi connectivity index (χ4v) is 3.46. The van der Waals surface area contributed by atoms with Gasteiger partial charge in [0.1, 0.15) is 0 Å². The first kappa shape index (κ1) is 15.3. The zero-order chi connectivity index (χ0) is 15.5. The van der Waals surface area contributed by atoms with Gasteiger partial charge in [0.2, 0.25) is 11.8 Å². The molecule has 0 bridgehead atoms. The fourth-order valence-electron chi connectivity index (χ4n) is 3.20. The molecule has 2 aliphatic heterocycles. The van der Waals surface area contributed by atoms with Crippen LogP contribution in [-0.4, -0.2) is 54.3 Å². The lowest BCUT2D eigenvalue weighted by molar-refractivity contribution is -0.141. The summed E-state index contributed by atoms with van der Waals surface area (Å²) in [5, 5.41) is 3.72. The number of piperazine rings is 1.